The van der Waals surface area contributed by atoms with Crippen LogP contribution >= 0.6 is 0 Å². The maximum atomic E-state index is 6.07. The van der Waals surface area contributed by atoms with Crippen LogP contribution in [0.25, 0.3) is 11.4 Å². The fourth-order valence-electron chi connectivity index (χ4n) is 1.91. The summed E-state index contributed by atoms with van der Waals surface area (Å²) < 4.78 is 0. The second-order valence-electron chi connectivity index (χ2n) is 4.79. The molecule has 1 heterocycles. The van der Waals surface area contributed by atoms with E-state index >= 15 is 0 Å². The molecule has 2 aromatic rings. The van der Waals surface area contributed by atoms with Gasteiger partial charge in [0.2, 0.25) is 5.82 Å². The molecule has 17 heavy (non-hydrogen) atoms. The van der Waals surface area contributed by atoms with E-state index in [0.29, 0.717) is 5.82 Å². The van der Waals surface area contributed by atoms with E-state index in [0.717, 1.165) is 18.4 Å². The molecule has 0 bridgehead atoms. The second kappa shape index (κ2) is 3.92. The molecule has 0 saturated heterocycles. The summed E-state index contributed by atoms with van der Waals surface area (Å²) in [6.07, 6.45) is 4.47. The minimum Gasteiger partial charge on any atom is -0.325 e. The van der Waals surface area contributed by atoms with E-state index in [4.69, 9.17) is 5.73 Å². The summed E-state index contributed by atoms with van der Waals surface area (Å²) in [7, 11) is 0. The molecule has 3 N–H and O–H groups in total. The van der Waals surface area contributed by atoms with Crippen molar-refractivity contribution >= 4 is 0 Å². The molecule has 1 aliphatic carbocycles. The third-order valence-electron chi connectivity index (χ3n) is 3.36. The molecule has 1 aliphatic rings. The first-order valence-electron chi connectivity index (χ1n) is 5.87. The molecule has 5 heteroatoms. The Balaban J connectivity index is 1.67. The predicted molar refractivity (Wildman–Crippen MR) is 64.1 cm³/mol. The summed E-state index contributed by atoms with van der Waals surface area (Å²) >= 11 is 0. The highest BCUT2D eigenvalue weighted by atomic mass is 15.5. The molecule has 3 rings (SSSR count). The third-order valence-corrected chi connectivity index (χ3v) is 3.36. The molecule has 1 aromatic carbocycles. The smallest absolute Gasteiger partial charge is 0.204 e. The van der Waals surface area contributed by atoms with Crippen LogP contribution in [0.3, 0.4) is 0 Å². The lowest BCUT2D eigenvalue weighted by molar-refractivity contribution is 0.609. The Morgan fingerprint density at radius 1 is 1.24 bits per heavy atom. The summed E-state index contributed by atoms with van der Waals surface area (Å²) in [4.78, 5) is 0. The minimum absolute atomic E-state index is 0.131. The first-order valence-corrected chi connectivity index (χ1v) is 5.87. The monoisotopic (exact) mass is 229 g/mol. The topological polar surface area (TPSA) is 80.5 Å². The van der Waals surface area contributed by atoms with Crippen LogP contribution in [0, 0.1) is 0 Å². The Bertz CT molecular complexity index is 484. The summed E-state index contributed by atoms with van der Waals surface area (Å²) in [5.74, 6) is 0.633. The normalized spacial score (nSPS) is 17.0. The number of benzene rings is 1. The minimum atomic E-state index is 0.131. The number of aromatic amines is 1. The van der Waals surface area contributed by atoms with Crippen molar-refractivity contribution in [1.29, 1.82) is 0 Å². The van der Waals surface area contributed by atoms with E-state index in [1.54, 1.807) is 0 Å². The van der Waals surface area contributed by atoms with Gasteiger partial charge < -0.3 is 5.73 Å². The molecule has 1 fully saturated rings. The third kappa shape index (κ3) is 2.34. The lowest BCUT2D eigenvalue weighted by Gasteiger charge is -2.08. The number of nitrogens with two attached hydrogens (primary N) is 1. The maximum absolute atomic E-state index is 6.07. The fourth-order valence-corrected chi connectivity index (χ4v) is 1.91. The molecular formula is C12H15N5. The average molecular weight is 229 g/mol. The molecular weight excluding hydrogens is 214 g/mol. The first kappa shape index (κ1) is 10.4. The van der Waals surface area contributed by atoms with Crippen LogP contribution in [0.5, 0.6) is 0 Å². The van der Waals surface area contributed by atoms with Gasteiger partial charge in [0.1, 0.15) is 0 Å². The number of nitrogens with one attached hydrogen (secondary N) is 1. The molecule has 1 aromatic heterocycles. The van der Waals surface area contributed by atoms with Crippen LogP contribution in [-0.4, -0.2) is 26.2 Å². The van der Waals surface area contributed by atoms with Crippen molar-refractivity contribution in [3.05, 3.63) is 29.8 Å². The molecule has 88 valence electrons. The van der Waals surface area contributed by atoms with Gasteiger partial charge in [-0.2, -0.15) is 5.21 Å². The highest BCUT2D eigenvalue weighted by molar-refractivity contribution is 5.54. The van der Waals surface area contributed by atoms with E-state index in [9.17, 15) is 0 Å². The molecule has 0 amide bonds. The Hall–Kier alpha value is -1.75. The second-order valence-corrected chi connectivity index (χ2v) is 4.79. The van der Waals surface area contributed by atoms with E-state index in [2.05, 4.69) is 32.8 Å². The van der Waals surface area contributed by atoms with Crippen LogP contribution in [0.15, 0.2) is 24.3 Å². The van der Waals surface area contributed by atoms with Crippen molar-refractivity contribution in [2.45, 2.75) is 31.2 Å². The Labute approximate surface area is 99.4 Å². The number of aryl methyl sites for hydroxylation is 1. The molecule has 1 saturated carbocycles. The summed E-state index contributed by atoms with van der Waals surface area (Å²) in [6, 6.07) is 8.27. The molecule has 5 nitrogen and oxygen atoms in total. The van der Waals surface area contributed by atoms with E-state index < -0.39 is 0 Å². The summed E-state index contributed by atoms with van der Waals surface area (Å²) in [5, 5.41) is 13.9. The zero-order valence-electron chi connectivity index (χ0n) is 9.56. The van der Waals surface area contributed by atoms with Gasteiger partial charge >= 0.3 is 0 Å². The fraction of sp³-hybridized carbons (Fsp3) is 0.417. The Morgan fingerprint density at radius 3 is 2.59 bits per heavy atom. The molecule has 0 aliphatic heterocycles. The van der Waals surface area contributed by atoms with Gasteiger partial charge in [0.05, 0.1) is 0 Å². The number of tetrazole rings is 1. The van der Waals surface area contributed by atoms with E-state index in [1.165, 1.54) is 18.4 Å². The van der Waals surface area contributed by atoms with Crippen molar-refractivity contribution in [3.63, 3.8) is 0 Å². The summed E-state index contributed by atoms with van der Waals surface area (Å²) in [5.41, 5.74) is 8.50. The zero-order chi connectivity index (χ0) is 11.7. The van der Waals surface area contributed by atoms with Gasteiger partial charge in [0.15, 0.2) is 0 Å². The van der Waals surface area contributed by atoms with Crippen molar-refractivity contribution in [2.75, 3.05) is 0 Å². The van der Waals surface area contributed by atoms with Gasteiger partial charge in [0, 0.05) is 11.1 Å². The maximum Gasteiger partial charge on any atom is 0.204 e. The van der Waals surface area contributed by atoms with Crippen molar-refractivity contribution < 1.29 is 0 Å². The first-order chi connectivity index (χ1) is 8.25. The lowest BCUT2D eigenvalue weighted by Crippen LogP contribution is -2.22. The van der Waals surface area contributed by atoms with E-state index in [1.807, 2.05) is 12.1 Å². The number of H-pyrrole nitrogens is 1. The number of hydrogen-bond donors (Lipinski definition) is 2. The van der Waals surface area contributed by atoms with Crippen molar-refractivity contribution in [1.82, 2.24) is 20.6 Å². The van der Waals surface area contributed by atoms with Gasteiger partial charge in [0.25, 0.3) is 0 Å². The Kier molecular flexibility index (Phi) is 2.40. The zero-order valence-corrected chi connectivity index (χ0v) is 9.56. The average Bonchev–Trinajstić information content (AvgIpc) is 2.89. The number of rotatable bonds is 4. The summed E-state index contributed by atoms with van der Waals surface area (Å²) in [6.45, 7) is 0. The van der Waals surface area contributed by atoms with Crippen LogP contribution < -0.4 is 5.73 Å². The van der Waals surface area contributed by atoms with Crippen molar-refractivity contribution in [3.8, 4) is 11.4 Å². The highest BCUT2D eigenvalue weighted by Gasteiger charge is 2.37. The predicted octanol–water partition coefficient (Wildman–Crippen LogP) is 1.29. The SMILES string of the molecule is NC1(CCc2ccc(-c3nn[nH]n3)cc2)CC1. The number of aromatic nitrogens is 4. The van der Waals surface area contributed by atoms with Crippen LogP contribution in [-0.2, 0) is 6.42 Å². The highest BCUT2D eigenvalue weighted by Crippen LogP contribution is 2.36. The van der Waals surface area contributed by atoms with Gasteiger partial charge in [-0.1, -0.05) is 24.3 Å². The van der Waals surface area contributed by atoms with Crippen LogP contribution in [0.4, 0.5) is 0 Å². The largest absolute Gasteiger partial charge is 0.325 e. The molecule has 0 unspecified atom stereocenters. The van der Waals surface area contributed by atoms with Crippen molar-refractivity contribution in [2.24, 2.45) is 5.73 Å². The van der Waals surface area contributed by atoms with Gasteiger partial charge in [-0.25, -0.2) is 0 Å². The van der Waals surface area contributed by atoms with Gasteiger partial charge in [-0.05, 0) is 36.5 Å². The molecule has 0 atom stereocenters. The van der Waals surface area contributed by atoms with Crippen LogP contribution in [0.1, 0.15) is 24.8 Å². The number of nitrogens with zero attached hydrogens (tertiary/aromatic N) is 3. The van der Waals surface area contributed by atoms with Crippen LogP contribution in [0.2, 0.25) is 0 Å². The number of hydrogen-bond acceptors (Lipinski definition) is 4. The Morgan fingerprint density at radius 2 is 2.00 bits per heavy atom. The molecule has 0 radical (unpaired) electrons. The van der Waals surface area contributed by atoms with E-state index in [-0.39, 0.29) is 5.54 Å². The molecule has 0 spiro atoms. The standard InChI is InChI=1S/C12H15N5/c13-12(7-8-12)6-5-9-1-3-10(4-2-9)11-14-16-17-15-11/h1-4H,5-8,13H2,(H,14,15,16,17). The van der Waals surface area contributed by atoms with Gasteiger partial charge in [-0.3, -0.25) is 0 Å². The quantitative estimate of drug-likeness (QED) is 0.827. The lowest BCUT2D eigenvalue weighted by atomic mass is 10.0. The van der Waals surface area contributed by atoms with Gasteiger partial charge in [-0.15, -0.1) is 10.2 Å².